The molecule has 0 atom stereocenters. The fourth-order valence-electron chi connectivity index (χ4n) is 1.69. The lowest BCUT2D eigenvalue weighted by molar-refractivity contribution is -0.383. The van der Waals surface area contributed by atoms with Crippen molar-refractivity contribution in [1.82, 2.24) is 0 Å². The number of amides is 1. The van der Waals surface area contributed by atoms with E-state index in [1.54, 1.807) is 18.2 Å². The number of rotatable bonds is 3. The average Bonchev–Trinajstić information content (AvgIpc) is 2.41. The lowest BCUT2D eigenvalue weighted by Crippen LogP contribution is -2.15. The molecule has 0 unspecified atom stereocenters. The van der Waals surface area contributed by atoms with Crippen molar-refractivity contribution >= 4 is 57.2 Å². The summed E-state index contributed by atoms with van der Waals surface area (Å²) >= 11 is 7.86. The molecule has 0 heterocycles. The molecule has 21 heavy (non-hydrogen) atoms. The monoisotopic (exact) mass is 417 g/mol. The molecule has 0 bridgehead atoms. The van der Waals surface area contributed by atoms with Crippen molar-refractivity contribution in [3.63, 3.8) is 0 Å². The highest BCUT2D eigenvalue weighted by molar-refractivity contribution is 14.1. The van der Waals surface area contributed by atoms with Gasteiger partial charge in [-0.1, -0.05) is 17.7 Å². The second-order valence-corrected chi connectivity index (χ2v) is 5.67. The van der Waals surface area contributed by atoms with Gasteiger partial charge in [0.05, 0.1) is 16.2 Å². The molecule has 0 aliphatic carbocycles. The molecule has 1 amide bonds. The number of hydrogen-bond donors (Lipinski definition) is 2. The summed E-state index contributed by atoms with van der Waals surface area (Å²) in [6.07, 6.45) is 0. The molecular formula is C13H9ClIN3O3. The number of nitrogens with zero attached hydrogens (tertiary/aromatic N) is 1. The number of nitro benzene ring substituents is 1. The van der Waals surface area contributed by atoms with E-state index in [2.05, 4.69) is 5.32 Å². The normalized spacial score (nSPS) is 10.2. The fraction of sp³-hybridized carbons (Fsp3) is 0. The zero-order valence-corrected chi connectivity index (χ0v) is 13.4. The summed E-state index contributed by atoms with van der Waals surface area (Å²) in [6.45, 7) is 0. The summed E-state index contributed by atoms with van der Waals surface area (Å²) in [5.74, 6) is -0.517. The van der Waals surface area contributed by atoms with Gasteiger partial charge in [0.1, 0.15) is 5.69 Å². The largest absolute Gasteiger partial charge is 0.393 e. The molecule has 0 saturated carbocycles. The van der Waals surface area contributed by atoms with Gasteiger partial charge in [0, 0.05) is 14.7 Å². The van der Waals surface area contributed by atoms with E-state index < -0.39 is 10.8 Å². The Hall–Kier alpha value is -1.87. The van der Waals surface area contributed by atoms with Crippen LogP contribution in [0.2, 0.25) is 5.02 Å². The maximum atomic E-state index is 12.2. The quantitative estimate of drug-likeness (QED) is 0.344. The first-order chi connectivity index (χ1) is 9.90. The summed E-state index contributed by atoms with van der Waals surface area (Å²) in [4.78, 5) is 22.4. The molecule has 3 N–H and O–H groups in total. The molecule has 2 aromatic carbocycles. The second-order valence-electron chi connectivity index (χ2n) is 4.07. The Labute approximate surface area is 138 Å². The van der Waals surface area contributed by atoms with Gasteiger partial charge in [-0.15, -0.1) is 0 Å². The highest BCUT2D eigenvalue weighted by atomic mass is 127. The molecule has 6 nitrogen and oxygen atoms in total. The van der Waals surface area contributed by atoms with Crippen LogP contribution in [0.1, 0.15) is 10.4 Å². The number of carbonyl (C=O) groups is 1. The Morgan fingerprint density at radius 3 is 2.67 bits per heavy atom. The topological polar surface area (TPSA) is 98.3 Å². The van der Waals surface area contributed by atoms with Gasteiger partial charge in [-0.2, -0.15) is 0 Å². The SMILES string of the molecule is Nc1c(C(=O)Nc2ccc(Cl)cc2I)cccc1[N+](=O)[O-]. The van der Waals surface area contributed by atoms with E-state index in [-0.39, 0.29) is 16.9 Å². The van der Waals surface area contributed by atoms with E-state index in [0.29, 0.717) is 10.7 Å². The van der Waals surface area contributed by atoms with Crippen LogP contribution < -0.4 is 11.1 Å². The van der Waals surface area contributed by atoms with E-state index in [0.717, 1.165) is 3.57 Å². The number of halogens is 2. The van der Waals surface area contributed by atoms with Gasteiger partial charge in [-0.25, -0.2) is 0 Å². The van der Waals surface area contributed by atoms with Gasteiger partial charge in [0.2, 0.25) is 0 Å². The Bertz CT molecular complexity index is 737. The molecule has 2 aromatic rings. The average molecular weight is 418 g/mol. The Balaban J connectivity index is 2.33. The van der Waals surface area contributed by atoms with Crippen LogP contribution in [0, 0.1) is 13.7 Å². The number of nitro groups is 1. The predicted molar refractivity (Wildman–Crippen MR) is 89.6 cm³/mol. The van der Waals surface area contributed by atoms with Crippen LogP contribution in [0.15, 0.2) is 36.4 Å². The molecule has 108 valence electrons. The third-order valence-electron chi connectivity index (χ3n) is 2.70. The number of nitrogens with one attached hydrogen (secondary N) is 1. The summed E-state index contributed by atoms with van der Waals surface area (Å²) in [7, 11) is 0. The van der Waals surface area contributed by atoms with Crippen LogP contribution in [-0.4, -0.2) is 10.8 Å². The molecule has 0 fully saturated rings. The van der Waals surface area contributed by atoms with E-state index in [1.165, 1.54) is 18.2 Å². The number of para-hydroxylation sites is 1. The molecular weight excluding hydrogens is 409 g/mol. The lowest BCUT2D eigenvalue weighted by atomic mass is 10.1. The molecule has 0 saturated heterocycles. The van der Waals surface area contributed by atoms with Crippen molar-refractivity contribution in [2.75, 3.05) is 11.1 Å². The van der Waals surface area contributed by atoms with E-state index >= 15 is 0 Å². The van der Waals surface area contributed by atoms with Crippen LogP contribution in [0.5, 0.6) is 0 Å². The van der Waals surface area contributed by atoms with Gasteiger partial charge in [0.15, 0.2) is 0 Å². The first kappa shape index (κ1) is 15.5. The molecule has 0 aliphatic heterocycles. The minimum absolute atomic E-state index is 0.0509. The summed E-state index contributed by atoms with van der Waals surface area (Å²) in [5, 5.41) is 14.0. The number of carbonyl (C=O) groups excluding carboxylic acids is 1. The van der Waals surface area contributed by atoms with Crippen molar-refractivity contribution in [2.45, 2.75) is 0 Å². The summed E-state index contributed by atoms with van der Waals surface area (Å²) in [5.41, 5.74) is 5.82. The molecule has 0 spiro atoms. The molecule has 0 aliphatic rings. The minimum atomic E-state index is -0.627. The number of nitrogens with two attached hydrogens (primary N) is 1. The van der Waals surface area contributed by atoms with Crippen molar-refractivity contribution in [3.05, 3.63) is 60.7 Å². The zero-order valence-electron chi connectivity index (χ0n) is 10.5. The maximum Gasteiger partial charge on any atom is 0.292 e. The Kier molecular flexibility index (Phi) is 4.63. The minimum Gasteiger partial charge on any atom is -0.393 e. The number of nitrogen functional groups attached to an aromatic ring is 1. The maximum absolute atomic E-state index is 12.2. The molecule has 8 heteroatoms. The van der Waals surface area contributed by atoms with Gasteiger partial charge >= 0.3 is 0 Å². The fourth-order valence-corrected chi connectivity index (χ4v) is 2.70. The van der Waals surface area contributed by atoms with Gasteiger partial charge in [-0.3, -0.25) is 14.9 Å². The standard InChI is InChI=1S/C13H9ClIN3O3/c14-7-4-5-10(9(15)6-7)17-13(19)8-2-1-3-11(12(8)16)18(20)21/h1-6H,16H2,(H,17,19). The molecule has 0 radical (unpaired) electrons. The molecule has 0 aromatic heterocycles. The number of benzene rings is 2. The zero-order chi connectivity index (χ0) is 15.6. The van der Waals surface area contributed by atoms with Crippen LogP contribution in [0.25, 0.3) is 0 Å². The number of anilines is 2. The summed E-state index contributed by atoms with van der Waals surface area (Å²) < 4.78 is 0.748. The van der Waals surface area contributed by atoms with Crippen LogP contribution in [0.3, 0.4) is 0 Å². The molecule has 2 rings (SSSR count). The second kappa shape index (κ2) is 6.27. The first-order valence-electron chi connectivity index (χ1n) is 5.69. The predicted octanol–water partition coefficient (Wildman–Crippen LogP) is 3.69. The third-order valence-corrected chi connectivity index (χ3v) is 3.83. The van der Waals surface area contributed by atoms with Crippen LogP contribution in [-0.2, 0) is 0 Å². The smallest absolute Gasteiger partial charge is 0.292 e. The van der Waals surface area contributed by atoms with Crippen LogP contribution >= 0.6 is 34.2 Å². The Morgan fingerprint density at radius 2 is 2.05 bits per heavy atom. The Morgan fingerprint density at radius 1 is 1.33 bits per heavy atom. The lowest BCUT2D eigenvalue weighted by Gasteiger charge is -2.09. The van der Waals surface area contributed by atoms with Crippen molar-refractivity contribution in [2.24, 2.45) is 0 Å². The highest BCUT2D eigenvalue weighted by Crippen LogP contribution is 2.27. The highest BCUT2D eigenvalue weighted by Gasteiger charge is 2.19. The van der Waals surface area contributed by atoms with E-state index in [4.69, 9.17) is 17.3 Å². The van der Waals surface area contributed by atoms with Crippen molar-refractivity contribution in [3.8, 4) is 0 Å². The van der Waals surface area contributed by atoms with Crippen LogP contribution in [0.4, 0.5) is 17.1 Å². The van der Waals surface area contributed by atoms with E-state index in [9.17, 15) is 14.9 Å². The van der Waals surface area contributed by atoms with Crippen molar-refractivity contribution in [1.29, 1.82) is 0 Å². The third kappa shape index (κ3) is 3.42. The van der Waals surface area contributed by atoms with Crippen molar-refractivity contribution < 1.29 is 9.72 Å². The van der Waals surface area contributed by atoms with Gasteiger partial charge in [0.25, 0.3) is 11.6 Å². The first-order valence-corrected chi connectivity index (χ1v) is 7.15. The van der Waals surface area contributed by atoms with Gasteiger partial charge < -0.3 is 11.1 Å². The number of hydrogen-bond acceptors (Lipinski definition) is 4. The summed E-state index contributed by atoms with van der Waals surface area (Å²) in [6, 6.07) is 9.06. The van der Waals surface area contributed by atoms with Gasteiger partial charge in [-0.05, 0) is 46.9 Å². The van der Waals surface area contributed by atoms with E-state index in [1.807, 2.05) is 22.6 Å².